The van der Waals surface area contributed by atoms with Crippen LogP contribution in [-0.2, 0) is 24.1 Å². The molecule has 1 aromatic heterocycles. The molecule has 1 amide bonds. The molecule has 1 aliphatic heterocycles. The molecule has 38 heavy (non-hydrogen) atoms. The van der Waals surface area contributed by atoms with Crippen molar-refractivity contribution in [3.63, 3.8) is 0 Å². The fourth-order valence-corrected chi connectivity index (χ4v) is 5.61. The number of nitrogens with zero attached hydrogens (tertiary/aromatic N) is 4. The Hall–Kier alpha value is -2.78. The summed E-state index contributed by atoms with van der Waals surface area (Å²) in [7, 11) is 1.36. The number of methoxy groups -OCH3 is 1. The van der Waals surface area contributed by atoms with E-state index in [-0.39, 0.29) is 32.4 Å². The third kappa shape index (κ3) is 6.10. The smallest absolute Gasteiger partial charge is 0.337 e. The summed E-state index contributed by atoms with van der Waals surface area (Å²) >= 11 is 9.40. The summed E-state index contributed by atoms with van der Waals surface area (Å²) in [6.07, 6.45) is 5.15. The van der Waals surface area contributed by atoms with Crippen molar-refractivity contribution in [2.24, 2.45) is 11.3 Å². The number of halogens is 3. The first-order chi connectivity index (χ1) is 18.1. The van der Waals surface area contributed by atoms with E-state index in [1.54, 1.807) is 17.0 Å². The maximum atomic E-state index is 14.8. The van der Waals surface area contributed by atoms with Gasteiger partial charge in [0.1, 0.15) is 0 Å². The fourth-order valence-electron chi connectivity index (χ4n) is 5.05. The molecule has 1 aliphatic rings. The number of rotatable bonds is 8. The van der Waals surface area contributed by atoms with Gasteiger partial charge in [0.25, 0.3) is 5.91 Å². The second-order valence-electron chi connectivity index (χ2n) is 10.2. The third-order valence-corrected chi connectivity index (χ3v) is 8.41. The summed E-state index contributed by atoms with van der Waals surface area (Å²) in [6, 6.07) is 10.4. The van der Waals surface area contributed by atoms with Gasteiger partial charge in [0.05, 0.1) is 40.0 Å². The average Bonchev–Trinajstić information content (AvgIpc) is 3.36. The second-order valence-corrected chi connectivity index (χ2v) is 11.4. The van der Waals surface area contributed by atoms with Gasteiger partial charge in [-0.1, -0.05) is 42.8 Å². The molecule has 4 rings (SSSR count). The lowest BCUT2D eigenvalue weighted by Gasteiger charge is -2.45. The van der Waals surface area contributed by atoms with Gasteiger partial charge in [-0.2, -0.15) is 0 Å². The first-order valence-electron chi connectivity index (χ1n) is 12.6. The van der Waals surface area contributed by atoms with Crippen LogP contribution in [0.3, 0.4) is 0 Å². The van der Waals surface area contributed by atoms with Gasteiger partial charge in [-0.25, -0.2) is 9.18 Å². The number of ether oxygens (including phenoxy) is 1. The van der Waals surface area contributed by atoms with Gasteiger partial charge in [-0.15, -0.1) is 5.10 Å². The normalized spacial score (nSPS) is 17.6. The summed E-state index contributed by atoms with van der Waals surface area (Å²) in [5.41, 5.74) is 2.14. The molecule has 1 saturated heterocycles. The van der Waals surface area contributed by atoms with Gasteiger partial charge in [-0.3, -0.25) is 9.48 Å². The third-order valence-electron chi connectivity index (χ3n) is 7.49. The van der Waals surface area contributed by atoms with Crippen LogP contribution in [0.1, 0.15) is 58.7 Å². The van der Waals surface area contributed by atoms with Crippen molar-refractivity contribution < 1.29 is 18.7 Å². The molecule has 1 fully saturated rings. The van der Waals surface area contributed by atoms with Gasteiger partial charge < -0.3 is 9.64 Å². The average molecular weight is 606 g/mol. The van der Waals surface area contributed by atoms with Gasteiger partial charge in [-0.05, 0) is 77.4 Å². The molecule has 1 unspecified atom stereocenters. The molecule has 2 heterocycles. The Morgan fingerprint density at radius 3 is 2.61 bits per heavy atom. The molecule has 0 saturated carbocycles. The van der Waals surface area contributed by atoms with Gasteiger partial charge in [0.2, 0.25) is 0 Å². The van der Waals surface area contributed by atoms with Crippen LogP contribution in [0.15, 0.2) is 47.1 Å². The van der Waals surface area contributed by atoms with E-state index in [1.807, 2.05) is 23.0 Å². The Morgan fingerprint density at radius 1 is 1.18 bits per heavy atom. The van der Waals surface area contributed by atoms with Crippen molar-refractivity contribution in [1.82, 2.24) is 19.9 Å². The molecule has 0 spiro atoms. The van der Waals surface area contributed by atoms with Crippen molar-refractivity contribution in [3.05, 3.63) is 80.3 Å². The zero-order chi connectivity index (χ0) is 27.4. The molecule has 0 radical (unpaired) electrons. The zero-order valence-corrected chi connectivity index (χ0v) is 24.1. The maximum absolute atomic E-state index is 14.8. The van der Waals surface area contributed by atoms with E-state index in [2.05, 4.69) is 40.1 Å². The van der Waals surface area contributed by atoms with Crippen molar-refractivity contribution in [1.29, 1.82) is 0 Å². The van der Waals surface area contributed by atoms with Crippen LogP contribution in [0.25, 0.3) is 0 Å². The summed E-state index contributed by atoms with van der Waals surface area (Å²) in [6.45, 7) is 5.93. The number of amides is 1. The Labute approximate surface area is 235 Å². The molecule has 0 bridgehead atoms. The second kappa shape index (κ2) is 11.9. The summed E-state index contributed by atoms with van der Waals surface area (Å²) in [4.78, 5) is 26.7. The van der Waals surface area contributed by atoms with Crippen LogP contribution in [0.4, 0.5) is 4.39 Å². The molecule has 202 valence electrons. The van der Waals surface area contributed by atoms with Gasteiger partial charge >= 0.3 is 5.97 Å². The fraction of sp³-hybridized carbons (Fsp3) is 0.429. The van der Waals surface area contributed by atoms with E-state index in [0.29, 0.717) is 31.6 Å². The van der Waals surface area contributed by atoms with Crippen LogP contribution >= 0.6 is 27.5 Å². The predicted octanol–water partition coefficient (Wildman–Crippen LogP) is 5.98. The Kier molecular flexibility index (Phi) is 8.88. The lowest BCUT2D eigenvalue weighted by atomic mass is 9.71. The van der Waals surface area contributed by atoms with Crippen LogP contribution in [-0.4, -0.2) is 52.0 Å². The number of esters is 1. The highest BCUT2D eigenvalue weighted by molar-refractivity contribution is 9.10. The number of aromatic nitrogens is 3. The Bertz CT molecular complexity index is 1310. The van der Waals surface area contributed by atoms with E-state index in [4.69, 9.17) is 16.3 Å². The molecule has 10 heteroatoms. The first-order valence-corrected chi connectivity index (χ1v) is 13.8. The van der Waals surface area contributed by atoms with Crippen LogP contribution in [0.2, 0.25) is 5.02 Å². The summed E-state index contributed by atoms with van der Waals surface area (Å²) in [5, 5.41) is 8.86. The predicted molar refractivity (Wildman–Crippen MR) is 147 cm³/mol. The number of hydrogen-bond acceptors (Lipinski definition) is 5. The van der Waals surface area contributed by atoms with Crippen molar-refractivity contribution in [2.75, 3.05) is 20.2 Å². The number of hydrogen-bond donors (Lipinski definition) is 0. The number of carbonyl (C=O) groups excluding carboxylic acids is 2. The molecule has 1 atom stereocenters. The largest absolute Gasteiger partial charge is 0.465 e. The maximum Gasteiger partial charge on any atom is 0.337 e. The number of likely N-dealkylation sites (tertiary alicyclic amines) is 1. The van der Waals surface area contributed by atoms with Gasteiger partial charge in [0, 0.05) is 24.7 Å². The van der Waals surface area contributed by atoms with E-state index in [0.717, 1.165) is 30.5 Å². The highest BCUT2D eigenvalue weighted by Crippen LogP contribution is 2.40. The lowest BCUT2D eigenvalue weighted by molar-refractivity contribution is 0.0236. The minimum absolute atomic E-state index is 0.0942. The molecule has 0 aliphatic carbocycles. The Balaban J connectivity index is 1.45. The molecule has 7 nitrogen and oxygen atoms in total. The number of piperidine rings is 1. The number of aryl methyl sites for hydroxylation is 2. The Morgan fingerprint density at radius 2 is 1.92 bits per heavy atom. The lowest BCUT2D eigenvalue weighted by Crippen LogP contribution is -2.50. The van der Waals surface area contributed by atoms with Gasteiger partial charge in [0.15, 0.2) is 5.82 Å². The summed E-state index contributed by atoms with van der Waals surface area (Å²) in [5.74, 6) is -1.13. The molecular formula is C28H31BrClFN4O3. The minimum Gasteiger partial charge on any atom is -0.465 e. The molecule has 0 N–H and O–H groups in total. The van der Waals surface area contributed by atoms with E-state index >= 15 is 0 Å². The summed E-state index contributed by atoms with van der Waals surface area (Å²) < 4.78 is 21.6. The van der Waals surface area contributed by atoms with E-state index in [9.17, 15) is 14.0 Å². The molecule has 3 aromatic rings. The SMILES string of the molecule is COC(=O)c1ccc(CCc2cn(CC3(C(C)C)CCCN(C(=O)c4c(Cl)ccc(Br)c4F)C3)nn2)cc1. The number of carbonyl (C=O) groups is 2. The highest BCUT2D eigenvalue weighted by Gasteiger charge is 2.41. The molecular weight excluding hydrogens is 575 g/mol. The zero-order valence-electron chi connectivity index (χ0n) is 21.7. The highest BCUT2D eigenvalue weighted by atomic mass is 79.9. The van der Waals surface area contributed by atoms with E-state index < -0.39 is 11.7 Å². The van der Waals surface area contributed by atoms with Crippen molar-refractivity contribution in [3.8, 4) is 0 Å². The first kappa shape index (κ1) is 28.2. The monoisotopic (exact) mass is 604 g/mol. The van der Waals surface area contributed by atoms with Crippen molar-refractivity contribution >= 4 is 39.4 Å². The van der Waals surface area contributed by atoms with Crippen LogP contribution < -0.4 is 0 Å². The molecule has 2 aromatic carbocycles. The quantitative estimate of drug-likeness (QED) is 0.233. The van der Waals surface area contributed by atoms with Crippen LogP contribution in [0.5, 0.6) is 0 Å². The standard InChI is InChI=1S/C28H31BrClFN4O3/c1-18(2)28(13-4-14-34(16-28)26(36)24-23(30)12-11-22(29)25(24)31)17-35-15-21(32-33-35)10-7-19-5-8-20(9-6-19)27(37)38-3/h5-6,8-9,11-12,15,18H,4,7,10,13-14,16-17H2,1-3H3. The van der Waals surface area contributed by atoms with Crippen LogP contribution in [0, 0.1) is 17.2 Å². The minimum atomic E-state index is -0.635. The van der Waals surface area contributed by atoms with Crippen molar-refractivity contribution in [2.45, 2.75) is 46.1 Å². The van der Waals surface area contributed by atoms with E-state index in [1.165, 1.54) is 19.2 Å². The number of benzene rings is 2. The topological polar surface area (TPSA) is 77.3 Å².